The molecule has 1 N–H and O–H groups in total. The molecule has 2 aromatic rings. The average molecular weight is 276 g/mol. The Balaban J connectivity index is 1.83. The summed E-state index contributed by atoms with van der Waals surface area (Å²) in [5.41, 5.74) is 1.15. The van der Waals surface area contributed by atoms with Gasteiger partial charge in [-0.3, -0.25) is 0 Å². The number of carbonyl (C=O) groups is 1. The van der Waals surface area contributed by atoms with Crippen molar-refractivity contribution in [2.45, 2.75) is 13.1 Å². The van der Waals surface area contributed by atoms with Crippen molar-refractivity contribution in [1.29, 1.82) is 0 Å². The Morgan fingerprint density at radius 1 is 1.21 bits per heavy atom. The summed E-state index contributed by atoms with van der Waals surface area (Å²) < 4.78 is 5.09. The second-order valence-corrected chi connectivity index (χ2v) is 5.17. The van der Waals surface area contributed by atoms with Gasteiger partial charge in [-0.1, -0.05) is 12.1 Å². The van der Waals surface area contributed by atoms with Crippen LogP contribution in [-0.4, -0.2) is 13.1 Å². The van der Waals surface area contributed by atoms with Crippen LogP contribution in [0.1, 0.15) is 20.1 Å². The topological polar surface area (TPSA) is 61.4 Å². The van der Waals surface area contributed by atoms with Crippen molar-refractivity contribution in [2.75, 3.05) is 7.11 Å². The third kappa shape index (κ3) is 3.81. The first-order valence-corrected chi connectivity index (χ1v) is 6.64. The first kappa shape index (κ1) is 13.6. The predicted octanol–water partition coefficient (Wildman–Crippen LogP) is 1.41. The number of ether oxygens (including phenoxy) is 1. The first-order chi connectivity index (χ1) is 9.19. The van der Waals surface area contributed by atoms with Crippen LogP contribution in [0.25, 0.3) is 0 Å². The number of thiophene rings is 1. The number of benzene rings is 1. The molecule has 1 aromatic heterocycles. The van der Waals surface area contributed by atoms with Gasteiger partial charge in [0.1, 0.15) is 5.75 Å². The molecule has 5 heteroatoms. The molecule has 100 valence electrons. The van der Waals surface area contributed by atoms with Gasteiger partial charge in [0.2, 0.25) is 0 Å². The van der Waals surface area contributed by atoms with Gasteiger partial charge >= 0.3 is 0 Å². The van der Waals surface area contributed by atoms with Gasteiger partial charge in [-0.15, -0.1) is 11.3 Å². The molecule has 1 aromatic carbocycles. The minimum absolute atomic E-state index is 0.265. The number of nitrogens with one attached hydrogen (secondary N) is 1. The van der Waals surface area contributed by atoms with Gasteiger partial charge in [-0.05, 0) is 29.8 Å². The van der Waals surface area contributed by atoms with E-state index in [-0.39, 0.29) is 4.88 Å². The number of hydrogen-bond donors (Lipinski definition) is 1. The number of hydrogen-bond acceptors (Lipinski definition) is 5. The Morgan fingerprint density at radius 2 is 1.95 bits per heavy atom. The Morgan fingerprint density at radius 3 is 2.53 bits per heavy atom. The summed E-state index contributed by atoms with van der Waals surface area (Å²) >= 11 is 1.24. The van der Waals surface area contributed by atoms with Crippen molar-refractivity contribution >= 4 is 17.3 Å². The third-order valence-electron chi connectivity index (χ3n) is 2.65. The van der Waals surface area contributed by atoms with E-state index >= 15 is 0 Å². The number of carboxylic acids is 1. The quantitative estimate of drug-likeness (QED) is 0.866. The number of aromatic carboxylic acids is 1. The van der Waals surface area contributed by atoms with Crippen LogP contribution in [0.5, 0.6) is 5.75 Å². The second-order valence-electron chi connectivity index (χ2n) is 4.01. The molecule has 0 atom stereocenters. The van der Waals surface area contributed by atoms with E-state index in [1.807, 2.05) is 24.3 Å². The fourth-order valence-corrected chi connectivity index (χ4v) is 2.47. The Labute approximate surface area is 115 Å². The van der Waals surface area contributed by atoms with Gasteiger partial charge in [0.25, 0.3) is 0 Å². The molecule has 0 saturated carbocycles. The molecule has 19 heavy (non-hydrogen) atoms. The highest BCUT2D eigenvalue weighted by Crippen LogP contribution is 2.16. The van der Waals surface area contributed by atoms with Crippen molar-refractivity contribution in [3.05, 3.63) is 51.7 Å². The first-order valence-electron chi connectivity index (χ1n) is 5.83. The zero-order valence-electron chi connectivity index (χ0n) is 10.5. The molecule has 0 radical (unpaired) electrons. The smallest absolute Gasteiger partial charge is 0.118 e. The molecule has 4 nitrogen and oxygen atoms in total. The van der Waals surface area contributed by atoms with Crippen molar-refractivity contribution in [1.82, 2.24) is 5.32 Å². The minimum atomic E-state index is -1.12. The zero-order chi connectivity index (χ0) is 13.7. The summed E-state index contributed by atoms with van der Waals surface area (Å²) in [6.07, 6.45) is 0. The highest BCUT2D eigenvalue weighted by Gasteiger charge is 2.01. The maximum absolute atomic E-state index is 10.6. The highest BCUT2D eigenvalue weighted by atomic mass is 32.1. The summed E-state index contributed by atoms with van der Waals surface area (Å²) in [5, 5.41) is 13.9. The minimum Gasteiger partial charge on any atom is -0.544 e. The standard InChI is InChI=1S/C14H15NO3S/c1-18-11-4-2-10(3-5-11)8-15-9-12-6-7-13(19-12)14(16)17/h2-7,15H,8-9H2,1H3,(H,16,17)/p-1. The molecular weight excluding hydrogens is 262 g/mol. The number of rotatable bonds is 6. The van der Waals surface area contributed by atoms with Crippen LogP contribution in [0, 0.1) is 0 Å². The summed E-state index contributed by atoms with van der Waals surface area (Å²) in [4.78, 5) is 11.9. The fourth-order valence-electron chi connectivity index (χ4n) is 1.66. The largest absolute Gasteiger partial charge is 0.544 e. The van der Waals surface area contributed by atoms with Crippen molar-refractivity contribution in [2.24, 2.45) is 0 Å². The maximum Gasteiger partial charge on any atom is 0.118 e. The average Bonchev–Trinajstić information content (AvgIpc) is 2.89. The molecule has 0 bridgehead atoms. The lowest BCUT2D eigenvalue weighted by Crippen LogP contribution is -2.20. The van der Waals surface area contributed by atoms with Crippen LogP contribution in [0.4, 0.5) is 0 Å². The lowest BCUT2D eigenvalue weighted by atomic mass is 10.2. The predicted molar refractivity (Wildman–Crippen MR) is 72.2 cm³/mol. The van der Waals surface area contributed by atoms with Gasteiger partial charge < -0.3 is 20.0 Å². The van der Waals surface area contributed by atoms with Crippen molar-refractivity contribution in [3.8, 4) is 5.75 Å². The fraction of sp³-hybridized carbons (Fsp3) is 0.214. The number of carboxylic acid groups (broad SMARTS) is 1. The monoisotopic (exact) mass is 276 g/mol. The van der Waals surface area contributed by atoms with Gasteiger partial charge in [0, 0.05) is 18.0 Å². The van der Waals surface area contributed by atoms with Crippen LogP contribution in [-0.2, 0) is 13.1 Å². The normalized spacial score (nSPS) is 10.4. The van der Waals surface area contributed by atoms with Gasteiger partial charge in [0.05, 0.1) is 18.0 Å². The van der Waals surface area contributed by atoms with Crippen LogP contribution >= 0.6 is 11.3 Å². The molecule has 0 amide bonds. The van der Waals surface area contributed by atoms with Crippen LogP contribution in [0.15, 0.2) is 36.4 Å². The van der Waals surface area contributed by atoms with E-state index in [9.17, 15) is 9.90 Å². The van der Waals surface area contributed by atoms with E-state index in [1.54, 1.807) is 19.2 Å². The maximum atomic E-state index is 10.6. The van der Waals surface area contributed by atoms with Gasteiger partial charge in [-0.2, -0.15) is 0 Å². The summed E-state index contributed by atoms with van der Waals surface area (Å²) in [6.45, 7) is 1.37. The molecule has 1 heterocycles. The van der Waals surface area contributed by atoms with Gasteiger partial charge in [-0.25, -0.2) is 0 Å². The molecule has 0 unspecified atom stereocenters. The number of methoxy groups -OCH3 is 1. The van der Waals surface area contributed by atoms with Crippen LogP contribution < -0.4 is 15.2 Å². The molecule has 0 aliphatic carbocycles. The van der Waals surface area contributed by atoms with E-state index < -0.39 is 5.97 Å². The molecule has 0 aliphatic heterocycles. The summed E-state index contributed by atoms with van der Waals surface area (Å²) in [6, 6.07) is 11.2. The highest BCUT2D eigenvalue weighted by molar-refractivity contribution is 7.13. The van der Waals surface area contributed by atoms with Crippen LogP contribution in [0.2, 0.25) is 0 Å². The lowest BCUT2D eigenvalue weighted by Gasteiger charge is -2.05. The third-order valence-corrected chi connectivity index (χ3v) is 3.72. The molecule has 0 aliphatic rings. The number of carbonyl (C=O) groups excluding carboxylic acids is 1. The second kappa shape index (κ2) is 6.36. The van der Waals surface area contributed by atoms with Gasteiger partial charge in [0.15, 0.2) is 0 Å². The van der Waals surface area contributed by atoms with E-state index in [0.717, 1.165) is 22.7 Å². The molecule has 0 saturated heterocycles. The Kier molecular flexibility index (Phi) is 4.54. The summed E-state index contributed by atoms with van der Waals surface area (Å²) in [7, 11) is 1.64. The molecule has 0 spiro atoms. The molecular formula is C14H14NO3S-. The Hall–Kier alpha value is -1.85. The van der Waals surface area contributed by atoms with E-state index in [1.165, 1.54) is 11.3 Å². The SMILES string of the molecule is COc1ccc(CNCc2ccc(C(=O)[O-])s2)cc1. The molecule has 2 rings (SSSR count). The molecule has 0 fully saturated rings. The Bertz CT molecular complexity index is 548. The lowest BCUT2D eigenvalue weighted by molar-refractivity contribution is -0.254. The van der Waals surface area contributed by atoms with Crippen molar-refractivity contribution in [3.63, 3.8) is 0 Å². The zero-order valence-corrected chi connectivity index (χ0v) is 11.3. The summed E-state index contributed by atoms with van der Waals surface area (Å²) in [5.74, 6) is -0.285. The van der Waals surface area contributed by atoms with E-state index in [2.05, 4.69) is 5.32 Å². The van der Waals surface area contributed by atoms with E-state index in [0.29, 0.717) is 6.54 Å². The van der Waals surface area contributed by atoms with E-state index in [4.69, 9.17) is 4.74 Å². The van der Waals surface area contributed by atoms with Crippen molar-refractivity contribution < 1.29 is 14.6 Å². The van der Waals surface area contributed by atoms with Crippen LogP contribution in [0.3, 0.4) is 0 Å².